The van der Waals surface area contributed by atoms with Gasteiger partial charge in [0.15, 0.2) is 0 Å². The molecule has 0 saturated carbocycles. The van der Waals surface area contributed by atoms with Crippen LogP contribution in [0.2, 0.25) is 0 Å². The molecule has 0 rings (SSSR count). The van der Waals surface area contributed by atoms with Gasteiger partial charge in [0, 0.05) is 19.6 Å². The highest BCUT2D eigenvalue weighted by atomic mass is 31.2. The lowest BCUT2D eigenvalue weighted by Gasteiger charge is -2.20. The smallest absolute Gasteiger partial charge is 0.457 e. The minimum atomic E-state index is -4.28. The van der Waals surface area contributed by atoms with Crippen molar-refractivity contribution in [2.45, 2.75) is 283 Å². The second-order valence-corrected chi connectivity index (χ2v) is 19.6. The van der Waals surface area contributed by atoms with E-state index in [0.29, 0.717) is 13.0 Å². The van der Waals surface area contributed by atoms with Gasteiger partial charge in [0.2, 0.25) is 0 Å². The Labute approximate surface area is 379 Å². The molecule has 0 heterocycles. The van der Waals surface area contributed by atoms with Gasteiger partial charge < -0.3 is 20.1 Å². The SMILES string of the molecule is CCCCCCCC/C=C\CCCCCCCCCCOCC(COP(=O)(O)OCCN)OC(=O)CCCCCCCCCCCCCCCCCCCCCCCCCC. The summed E-state index contributed by atoms with van der Waals surface area (Å²) >= 11 is 0. The monoisotopic (exact) mass is 886 g/mol. The average molecular weight is 886 g/mol. The number of hydrogen-bond donors (Lipinski definition) is 2. The van der Waals surface area contributed by atoms with Crippen LogP contribution in [0.25, 0.3) is 0 Å². The molecule has 0 aromatic rings. The minimum absolute atomic E-state index is 0.0923. The summed E-state index contributed by atoms with van der Waals surface area (Å²) in [6.07, 6.45) is 56.8. The summed E-state index contributed by atoms with van der Waals surface area (Å²) in [5.74, 6) is -0.323. The predicted molar refractivity (Wildman–Crippen MR) is 261 cm³/mol. The fourth-order valence-electron chi connectivity index (χ4n) is 8.00. The molecule has 9 heteroatoms. The Balaban J connectivity index is 3.86. The molecule has 0 bridgehead atoms. The van der Waals surface area contributed by atoms with E-state index in [4.69, 9.17) is 24.3 Å². The Kier molecular flexibility index (Phi) is 49.6. The van der Waals surface area contributed by atoms with Gasteiger partial charge in [-0.2, -0.15) is 0 Å². The largest absolute Gasteiger partial charge is 0.472 e. The average Bonchev–Trinajstić information content (AvgIpc) is 3.25. The van der Waals surface area contributed by atoms with Crippen LogP contribution in [0.4, 0.5) is 0 Å². The summed E-state index contributed by atoms with van der Waals surface area (Å²) in [6, 6.07) is 0. The first-order valence-corrected chi connectivity index (χ1v) is 28.2. The van der Waals surface area contributed by atoms with E-state index in [0.717, 1.165) is 32.1 Å². The van der Waals surface area contributed by atoms with Gasteiger partial charge in [-0.05, 0) is 38.5 Å². The third-order valence-electron chi connectivity index (χ3n) is 11.9. The molecular formula is C52H104NO7P. The normalized spacial score (nSPS) is 13.3. The van der Waals surface area contributed by atoms with Crippen LogP contribution < -0.4 is 5.73 Å². The van der Waals surface area contributed by atoms with Crippen LogP contribution in [0.5, 0.6) is 0 Å². The molecule has 0 aliphatic carbocycles. The van der Waals surface area contributed by atoms with Crippen LogP contribution in [0.1, 0.15) is 277 Å². The van der Waals surface area contributed by atoms with Gasteiger partial charge in [-0.1, -0.05) is 244 Å². The number of carbonyl (C=O) groups is 1. The van der Waals surface area contributed by atoms with E-state index >= 15 is 0 Å². The molecule has 0 fully saturated rings. The lowest BCUT2D eigenvalue weighted by Crippen LogP contribution is -2.28. The summed E-state index contributed by atoms with van der Waals surface area (Å²) in [5.41, 5.74) is 5.39. The van der Waals surface area contributed by atoms with Crippen molar-refractivity contribution in [1.82, 2.24) is 0 Å². The molecule has 0 spiro atoms. The molecule has 0 aliphatic rings. The highest BCUT2D eigenvalue weighted by molar-refractivity contribution is 7.47. The second-order valence-electron chi connectivity index (χ2n) is 18.1. The molecule has 2 atom stereocenters. The molecule has 364 valence electrons. The molecule has 3 N–H and O–H groups in total. The van der Waals surface area contributed by atoms with Gasteiger partial charge in [-0.25, -0.2) is 4.57 Å². The molecule has 0 aliphatic heterocycles. The van der Waals surface area contributed by atoms with Crippen LogP contribution in [0.15, 0.2) is 12.2 Å². The molecule has 0 radical (unpaired) electrons. The van der Waals surface area contributed by atoms with E-state index in [1.54, 1.807) is 0 Å². The third-order valence-corrected chi connectivity index (χ3v) is 12.9. The van der Waals surface area contributed by atoms with Crippen molar-refractivity contribution in [2.75, 3.05) is 33.0 Å². The number of carbonyl (C=O) groups excluding carboxylic acids is 1. The zero-order chi connectivity index (χ0) is 44.4. The van der Waals surface area contributed by atoms with Crippen LogP contribution in [-0.2, 0) is 27.9 Å². The van der Waals surface area contributed by atoms with Gasteiger partial charge in [0.05, 0.1) is 19.8 Å². The third kappa shape index (κ3) is 50.1. The maximum Gasteiger partial charge on any atom is 0.472 e. The zero-order valence-electron chi connectivity index (χ0n) is 40.7. The lowest BCUT2D eigenvalue weighted by molar-refractivity contribution is -0.154. The first kappa shape index (κ1) is 60.2. The summed E-state index contributed by atoms with van der Waals surface area (Å²) in [6.45, 7) is 4.98. The van der Waals surface area contributed by atoms with E-state index in [1.807, 2.05) is 0 Å². The molecule has 2 unspecified atom stereocenters. The summed E-state index contributed by atoms with van der Waals surface area (Å²) in [7, 11) is -4.28. The number of hydrogen-bond acceptors (Lipinski definition) is 7. The second kappa shape index (κ2) is 50.2. The highest BCUT2D eigenvalue weighted by Crippen LogP contribution is 2.43. The number of unbranched alkanes of at least 4 members (excludes halogenated alkanes) is 37. The Morgan fingerprint density at radius 1 is 0.475 bits per heavy atom. The van der Waals surface area contributed by atoms with Crippen molar-refractivity contribution in [1.29, 1.82) is 0 Å². The maximum atomic E-state index is 12.7. The lowest BCUT2D eigenvalue weighted by atomic mass is 10.0. The fraction of sp³-hybridized carbons (Fsp3) is 0.942. The van der Waals surface area contributed by atoms with E-state index in [2.05, 4.69) is 26.0 Å². The van der Waals surface area contributed by atoms with Gasteiger partial charge >= 0.3 is 13.8 Å². The molecular weight excluding hydrogens is 782 g/mol. The van der Waals surface area contributed by atoms with Crippen molar-refractivity contribution in [3.63, 3.8) is 0 Å². The van der Waals surface area contributed by atoms with Crippen LogP contribution in [0.3, 0.4) is 0 Å². The number of nitrogens with two attached hydrogens (primary N) is 1. The Hall–Kier alpha value is -0.760. The van der Waals surface area contributed by atoms with E-state index < -0.39 is 13.9 Å². The van der Waals surface area contributed by atoms with Crippen molar-refractivity contribution in [3.8, 4) is 0 Å². The number of phosphoric ester groups is 1. The van der Waals surface area contributed by atoms with Crippen molar-refractivity contribution < 1.29 is 32.8 Å². The standard InChI is InChI=1S/C52H104NO7P/c1-3-5-7-9-11-13-15-17-19-21-23-24-25-26-27-28-29-31-33-35-37-39-41-43-45-52(54)60-51(50-59-61(55,56)58-48-46-53)49-57-47-44-42-40-38-36-34-32-30-22-20-18-16-14-12-10-8-6-4-2/h18,20,51H,3-17,19,21-50,53H2,1-2H3,(H,55,56)/b20-18-. The van der Waals surface area contributed by atoms with Gasteiger partial charge in [0.25, 0.3) is 0 Å². The fourth-order valence-corrected chi connectivity index (χ4v) is 8.76. The van der Waals surface area contributed by atoms with E-state index in [1.165, 1.54) is 225 Å². The predicted octanol–water partition coefficient (Wildman–Crippen LogP) is 16.6. The molecule has 61 heavy (non-hydrogen) atoms. The first-order valence-electron chi connectivity index (χ1n) is 26.7. The number of ether oxygens (including phenoxy) is 2. The Morgan fingerprint density at radius 3 is 1.20 bits per heavy atom. The molecule has 0 aromatic heterocycles. The van der Waals surface area contributed by atoms with Crippen LogP contribution in [0, 0.1) is 0 Å². The number of phosphoric acid groups is 1. The topological polar surface area (TPSA) is 117 Å². The Morgan fingerprint density at radius 2 is 0.820 bits per heavy atom. The first-order chi connectivity index (χ1) is 29.9. The number of allylic oxidation sites excluding steroid dienone is 2. The number of esters is 1. The van der Waals surface area contributed by atoms with Gasteiger partial charge in [-0.15, -0.1) is 0 Å². The molecule has 0 aromatic carbocycles. The Bertz CT molecular complexity index is 951. The highest BCUT2D eigenvalue weighted by Gasteiger charge is 2.25. The van der Waals surface area contributed by atoms with Crippen molar-refractivity contribution >= 4 is 13.8 Å². The maximum absolute atomic E-state index is 12.7. The van der Waals surface area contributed by atoms with E-state index in [-0.39, 0.29) is 32.3 Å². The van der Waals surface area contributed by atoms with Crippen LogP contribution in [-0.4, -0.2) is 49.9 Å². The van der Waals surface area contributed by atoms with Crippen molar-refractivity contribution in [2.24, 2.45) is 5.73 Å². The summed E-state index contributed by atoms with van der Waals surface area (Å²) in [4.78, 5) is 22.6. The number of rotatable bonds is 52. The molecule has 8 nitrogen and oxygen atoms in total. The quantitative estimate of drug-likeness (QED) is 0.0268. The summed E-state index contributed by atoms with van der Waals surface area (Å²) in [5, 5.41) is 0. The minimum Gasteiger partial charge on any atom is -0.457 e. The van der Waals surface area contributed by atoms with Crippen LogP contribution >= 0.6 is 7.82 Å². The van der Waals surface area contributed by atoms with E-state index in [9.17, 15) is 14.3 Å². The zero-order valence-corrected chi connectivity index (χ0v) is 41.6. The summed E-state index contributed by atoms with van der Waals surface area (Å²) < 4.78 is 33.6. The van der Waals surface area contributed by atoms with Gasteiger partial charge in [0.1, 0.15) is 6.10 Å². The van der Waals surface area contributed by atoms with Crippen molar-refractivity contribution in [3.05, 3.63) is 12.2 Å². The molecule has 0 saturated heterocycles. The van der Waals surface area contributed by atoms with Gasteiger partial charge in [-0.3, -0.25) is 13.8 Å². The molecule has 0 amide bonds.